The van der Waals surface area contributed by atoms with E-state index in [1.54, 1.807) is 11.3 Å². The number of anilines is 1. The summed E-state index contributed by atoms with van der Waals surface area (Å²) in [4.78, 5) is 5.93. The van der Waals surface area contributed by atoms with Crippen molar-refractivity contribution >= 4 is 17.3 Å². The molecule has 2 aromatic heterocycles. The zero-order valence-electron chi connectivity index (χ0n) is 10.2. The van der Waals surface area contributed by atoms with Gasteiger partial charge in [0.05, 0.1) is 11.7 Å². The number of nitrogens with zero attached hydrogens (tertiary/aromatic N) is 2. The van der Waals surface area contributed by atoms with Gasteiger partial charge in [0.15, 0.2) is 0 Å². The molecule has 1 N–H and O–H groups in total. The van der Waals surface area contributed by atoms with Gasteiger partial charge in [0.25, 0.3) is 0 Å². The fraction of sp³-hybridized carbons (Fsp3) is 0.462. The Morgan fingerprint density at radius 1 is 1.53 bits per heavy atom. The molecule has 1 fully saturated rings. The highest BCUT2D eigenvalue weighted by molar-refractivity contribution is 7.10. The quantitative estimate of drug-likeness (QED) is 0.891. The van der Waals surface area contributed by atoms with Gasteiger partial charge in [0.1, 0.15) is 0 Å². The summed E-state index contributed by atoms with van der Waals surface area (Å²) in [5.74, 6) is 1.02. The van der Waals surface area contributed by atoms with E-state index in [1.807, 2.05) is 0 Å². The minimum absolute atomic E-state index is 0.328. The van der Waals surface area contributed by atoms with Gasteiger partial charge < -0.3 is 9.88 Å². The van der Waals surface area contributed by atoms with E-state index in [2.05, 4.69) is 52.4 Å². The number of rotatable bonds is 4. The standard InChI is InChI=1S/C13H17N3S/c1-9-8-16(11-5-6-11)13(14-9)15-10(2)12-4-3-7-17-12/h3-4,7-8,10-11H,5-6H2,1-2H3,(H,14,15). The highest BCUT2D eigenvalue weighted by atomic mass is 32.1. The van der Waals surface area contributed by atoms with Crippen LogP contribution in [0.2, 0.25) is 0 Å². The number of hydrogen-bond acceptors (Lipinski definition) is 3. The van der Waals surface area contributed by atoms with Crippen molar-refractivity contribution in [2.45, 2.75) is 38.8 Å². The van der Waals surface area contributed by atoms with Gasteiger partial charge >= 0.3 is 0 Å². The van der Waals surface area contributed by atoms with E-state index < -0.39 is 0 Å². The SMILES string of the molecule is Cc1cn(C2CC2)c(NC(C)c2cccs2)n1. The minimum Gasteiger partial charge on any atom is -0.348 e. The summed E-state index contributed by atoms with van der Waals surface area (Å²) < 4.78 is 2.29. The number of aryl methyl sites for hydroxylation is 1. The maximum absolute atomic E-state index is 4.58. The van der Waals surface area contributed by atoms with Gasteiger partial charge in [-0.2, -0.15) is 0 Å². The van der Waals surface area contributed by atoms with E-state index in [9.17, 15) is 0 Å². The van der Waals surface area contributed by atoms with Crippen molar-refractivity contribution in [1.82, 2.24) is 9.55 Å². The third kappa shape index (κ3) is 2.22. The first-order valence-corrected chi connectivity index (χ1v) is 6.97. The fourth-order valence-electron chi connectivity index (χ4n) is 2.06. The molecule has 0 saturated heterocycles. The molecule has 1 aliphatic carbocycles. The molecule has 3 nitrogen and oxygen atoms in total. The second kappa shape index (κ2) is 4.18. The van der Waals surface area contributed by atoms with Crippen LogP contribution in [0.4, 0.5) is 5.95 Å². The summed E-state index contributed by atoms with van der Waals surface area (Å²) in [5, 5.41) is 5.63. The Hall–Kier alpha value is -1.29. The van der Waals surface area contributed by atoms with Gasteiger partial charge in [-0.25, -0.2) is 4.98 Å². The molecular weight excluding hydrogens is 230 g/mol. The van der Waals surface area contributed by atoms with Crippen LogP contribution in [-0.2, 0) is 0 Å². The zero-order chi connectivity index (χ0) is 11.8. The van der Waals surface area contributed by atoms with Crippen LogP contribution in [0, 0.1) is 6.92 Å². The lowest BCUT2D eigenvalue weighted by Gasteiger charge is -2.14. The molecule has 2 aromatic rings. The Morgan fingerprint density at radius 3 is 3.00 bits per heavy atom. The topological polar surface area (TPSA) is 29.9 Å². The summed E-state index contributed by atoms with van der Waals surface area (Å²) in [6.45, 7) is 4.24. The van der Waals surface area contributed by atoms with Crippen molar-refractivity contribution in [3.05, 3.63) is 34.3 Å². The van der Waals surface area contributed by atoms with E-state index in [0.29, 0.717) is 12.1 Å². The second-order valence-electron chi connectivity index (χ2n) is 4.73. The summed E-state index contributed by atoms with van der Waals surface area (Å²) >= 11 is 1.79. The first kappa shape index (κ1) is 10.8. The molecular formula is C13H17N3S. The lowest BCUT2D eigenvalue weighted by molar-refractivity contribution is 0.729. The second-order valence-corrected chi connectivity index (χ2v) is 5.71. The third-order valence-electron chi connectivity index (χ3n) is 3.11. The van der Waals surface area contributed by atoms with Crippen molar-refractivity contribution in [3.8, 4) is 0 Å². The van der Waals surface area contributed by atoms with E-state index in [-0.39, 0.29) is 0 Å². The zero-order valence-corrected chi connectivity index (χ0v) is 11.0. The van der Waals surface area contributed by atoms with Crippen molar-refractivity contribution in [3.63, 3.8) is 0 Å². The van der Waals surface area contributed by atoms with E-state index >= 15 is 0 Å². The highest BCUT2D eigenvalue weighted by Crippen LogP contribution is 2.38. The molecule has 1 saturated carbocycles. The van der Waals surface area contributed by atoms with Crippen molar-refractivity contribution in [1.29, 1.82) is 0 Å². The Bertz CT molecular complexity index is 497. The molecule has 0 spiro atoms. The van der Waals surface area contributed by atoms with Gasteiger partial charge in [-0.05, 0) is 38.1 Å². The fourth-order valence-corrected chi connectivity index (χ4v) is 2.79. The van der Waals surface area contributed by atoms with Gasteiger partial charge in [0.2, 0.25) is 5.95 Å². The van der Waals surface area contributed by atoms with Crippen molar-refractivity contribution in [2.75, 3.05) is 5.32 Å². The van der Waals surface area contributed by atoms with Crippen LogP contribution in [0.25, 0.3) is 0 Å². The predicted octanol–water partition coefficient (Wildman–Crippen LogP) is 3.76. The van der Waals surface area contributed by atoms with E-state index in [0.717, 1.165) is 11.6 Å². The van der Waals surface area contributed by atoms with Crippen LogP contribution in [0.5, 0.6) is 0 Å². The number of aromatic nitrogens is 2. The summed E-state index contributed by atoms with van der Waals surface area (Å²) in [5.41, 5.74) is 1.10. The van der Waals surface area contributed by atoms with Crippen LogP contribution in [0.15, 0.2) is 23.7 Å². The lowest BCUT2D eigenvalue weighted by atomic mass is 10.3. The normalized spacial score (nSPS) is 17.1. The van der Waals surface area contributed by atoms with Gasteiger partial charge in [0, 0.05) is 17.1 Å². The van der Waals surface area contributed by atoms with Crippen molar-refractivity contribution in [2.24, 2.45) is 0 Å². The number of thiophene rings is 1. The number of nitrogens with one attached hydrogen (secondary N) is 1. The average molecular weight is 247 g/mol. The maximum atomic E-state index is 4.58. The molecule has 3 rings (SSSR count). The molecule has 0 radical (unpaired) electrons. The molecule has 1 unspecified atom stereocenters. The molecule has 0 aliphatic heterocycles. The van der Waals surface area contributed by atoms with Crippen LogP contribution < -0.4 is 5.32 Å². The third-order valence-corrected chi connectivity index (χ3v) is 4.16. The highest BCUT2D eigenvalue weighted by Gasteiger charge is 2.26. The van der Waals surface area contributed by atoms with Crippen LogP contribution in [0.3, 0.4) is 0 Å². The molecule has 0 aromatic carbocycles. The first-order valence-electron chi connectivity index (χ1n) is 6.09. The van der Waals surface area contributed by atoms with Crippen LogP contribution in [0.1, 0.15) is 42.4 Å². The van der Waals surface area contributed by atoms with Gasteiger partial charge in [-0.1, -0.05) is 6.07 Å². The summed E-state index contributed by atoms with van der Waals surface area (Å²) in [6.07, 6.45) is 4.73. The van der Waals surface area contributed by atoms with Gasteiger partial charge in [-0.3, -0.25) is 0 Å². The Kier molecular flexibility index (Phi) is 2.67. The smallest absolute Gasteiger partial charge is 0.203 e. The molecule has 90 valence electrons. The largest absolute Gasteiger partial charge is 0.348 e. The molecule has 2 heterocycles. The molecule has 17 heavy (non-hydrogen) atoms. The molecule has 0 bridgehead atoms. The van der Waals surface area contributed by atoms with E-state index in [1.165, 1.54) is 17.7 Å². The van der Waals surface area contributed by atoms with Gasteiger partial charge in [-0.15, -0.1) is 11.3 Å². The van der Waals surface area contributed by atoms with Crippen LogP contribution in [-0.4, -0.2) is 9.55 Å². The van der Waals surface area contributed by atoms with Crippen molar-refractivity contribution < 1.29 is 0 Å². The Labute approximate surface area is 106 Å². The first-order chi connectivity index (χ1) is 8.24. The Balaban J connectivity index is 1.80. The predicted molar refractivity (Wildman–Crippen MR) is 71.6 cm³/mol. The number of imidazole rings is 1. The molecule has 0 amide bonds. The summed E-state index contributed by atoms with van der Waals surface area (Å²) in [6, 6.07) is 5.26. The molecule has 1 atom stereocenters. The lowest BCUT2D eigenvalue weighted by Crippen LogP contribution is -2.10. The summed E-state index contributed by atoms with van der Waals surface area (Å²) in [7, 11) is 0. The average Bonchev–Trinajstić information content (AvgIpc) is 2.86. The van der Waals surface area contributed by atoms with Crippen LogP contribution >= 0.6 is 11.3 Å². The maximum Gasteiger partial charge on any atom is 0.203 e. The van der Waals surface area contributed by atoms with E-state index in [4.69, 9.17) is 0 Å². The molecule has 4 heteroatoms. The molecule has 1 aliphatic rings. The Morgan fingerprint density at radius 2 is 2.35 bits per heavy atom. The minimum atomic E-state index is 0.328. The monoisotopic (exact) mass is 247 g/mol. The number of hydrogen-bond donors (Lipinski definition) is 1.